The van der Waals surface area contributed by atoms with E-state index in [1.807, 2.05) is 11.8 Å². The van der Waals surface area contributed by atoms with Crippen molar-refractivity contribution in [3.63, 3.8) is 0 Å². The molecule has 1 saturated heterocycles. The van der Waals surface area contributed by atoms with E-state index in [-0.39, 0.29) is 4.90 Å². The molecule has 136 valence electrons. The lowest BCUT2D eigenvalue weighted by atomic mass is 10.2. The summed E-state index contributed by atoms with van der Waals surface area (Å²) in [7, 11) is -2.34. The third kappa shape index (κ3) is 3.97. The van der Waals surface area contributed by atoms with E-state index in [4.69, 9.17) is 0 Å². The van der Waals surface area contributed by atoms with Gasteiger partial charge in [0.15, 0.2) is 5.82 Å². The van der Waals surface area contributed by atoms with E-state index < -0.39 is 15.8 Å². The Kier molecular flexibility index (Phi) is 5.02. The fourth-order valence-corrected chi connectivity index (χ4v) is 3.58. The molecule has 8 nitrogen and oxygen atoms in total. The van der Waals surface area contributed by atoms with Gasteiger partial charge < -0.3 is 4.90 Å². The summed E-state index contributed by atoms with van der Waals surface area (Å²) in [6.45, 7) is 5.32. The predicted octanol–water partition coefficient (Wildman–Crippen LogP) is 0.483. The summed E-state index contributed by atoms with van der Waals surface area (Å²) in [6.07, 6.45) is 0. The van der Waals surface area contributed by atoms with Gasteiger partial charge in [0.2, 0.25) is 10.0 Å². The second-order valence-corrected chi connectivity index (χ2v) is 7.81. The fourth-order valence-electron chi connectivity index (χ4n) is 2.84. The van der Waals surface area contributed by atoms with E-state index in [2.05, 4.69) is 24.8 Å². The molecule has 25 heavy (non-hydrogen) atoms. The monoisotopic (exact) mass is 368 g/mol. The number of anilines is 1. The smallest absolute Gasteiger partial charge is 0.240 e. The number of piperazine rings is 1. The van der Waals surface area contributed by atoms with Gasteiger partial charge in [-0.15, -0.1) is 0 Å². The van der Waals surface area contributed by atoms with Crippen molar-refractivity contribution in [3.8, 4) is 0 Å². The fraction of sp³-hybridized carbons (Fsp3) is 0.467. The van der Waals surface area contributed by atoms with Crippen LogP contribution in [-0.4, -0.2) is 61.7 Å². The van der Waals surface area contributed by atoms with Crippen molar-refractivity contribution in [1.29, 1.82) is 0 Å². The quantitative estimate of drug-likeness (QED) is 0.797. The maximum absolute atomic E-state index is 14.4. The first kappa shape index (κ1) is 17.8. The minimum atomic E-state index is -3.64. The van der Waals surface area contributed by atoms with Crippen LogP contribution in [0.3, 0.4) is 0 Å². The third-order valence-corrected chi connectivity index (χ3v) is 5.63. The van der Waals surface area contributed by atoms with Crippen LogP contribution in [0.1, 0.15) is 11.6 Å². The van der Waals surface area contributed by atoms with Crippen LogP contribution in [0.25, 0.3) is 0 Å². The highest BCUT2D eigenvalue weighted by Crippen LogP contribution is 2.24. The van der Waals surface area contributed by atoms with Crippen molar-refractivity contribution in [1.82, 2.24) is 24.8 Å². The molecule has 1 aliphatic heterocycles. The molecule has 0 atom stereocenters. The van der Waals surface area contributed by atoms with Gasteiger partial charge in [-0.3, -0.25) is 10.00 Å². The second-order valence-electron chi connectivity index (χ2n) is 5.92. The molecule has 3 rings (SSSR count). The Morgan fingerprint density at radius 2 is 2.00 bits per heavy atom. The number of halogens is 1. The zero-order chi connectivity index (χ0) is 18.0. The van der Waals surface area contributed by atoms with Crippen LogP contribution in [0, 0.1) is 12.7 Å². The number of sulfonamides is 1. The van der Waals surface area contributed by atoms with Crippen LogP contribution in [0.2, 0.25) is 0 Å². The predicted molar refractivity (Wildman–Crippen MR) is 91.3 cm³/mol. The SMILES string of the molecule is CNS(=O)(=O)c1ccc(N2CCN(Cc3n[nH]c(C)n3)CC2)c(F)c1. The number of nitrogens with one attached hydrogen (secondary N) is 2. The molecule has 1 aromatic carbocycles. The number of benzene rings is 1. The Labute approximate surface area is 146 Å². The molecule has 0 aliphatic carbocycles. The molecule has 1 fully saturated rings. The Bertz CT molecular complexity index is 845. The summed E-state index contributed by atoms with van der Waals surface area (Å²) in [5.41, 5.74) is 0.420. The summed E-state index contributed by atoms with van der Waals surface area (Å²) in [5.74, 6) is 1.00. The maximum Gasteiger partial charge on any atom is 0.240 e. The summed E-state index contributed by atoms with van der Waals surface area (Å²) in [4.78, 5) is 8.34. The van der Waals surface area contributed by atoms with E-state index in [9.17, 15) is 12.8 Å². The molecule has 0 radical (unpaired) electrons. The first-order valence-corrected chi connectivity index (χ1v) is 9.45. The van der Waals surface area contributed by atoms with Crippen molar-refractivity contribution < 1.29 is 12.8 Å². The van der Waals surface area contributed by atoms with Gasteiger partial charge in [0.05, 0.1) is 17.1 Å². The van der Waals surface area contributed by atoms with Gasteiger partial charge >= 0.3 is 0 Å². The molecule has 0 saturated carbocycles. The topological polar surface area (TPSA) is 94.2 Å². The summed E-state index contributed by atoms with van der Waals surface area (Å²) in [6, 6.07) is 4.00. The Morgan fingerprint density at radius 1 is 1.28 bits per heavy atom. The van der Waals surface area contributed by atoms with Crippen molar-refractivity contribution in [2.75, 3.05) is 38.1 Å². The van der Waals surface area contributed by atoms with Gasteiger partial charge in [0.1, 0.15) is 11.6 Å². The lowest BCUT2D eigenvalue weighted by Crippen LogP contribution is -2.46. The van der Waals surface area contributed by atoms with Crippen LogP contribution in [-0.2, 0) is 16.6 Å². The molecule has 0 unspecified atom stereocenters. The van der Waals surface area contributed by atoms with Crippen molar-refractivity contribution in [3.05, 3.63) is 35.7 Å². The van der Waals surface area contributed by atoms with Gasteiger partial charge in [-0.1, -0.05) is 0 Å². The summed E-state index contributed by atoms with van der Waals surface area (Å²) >= 11 is 0. The molecule has 0 amide bonds. The number of aromatic amines is 1. The Balaban J connectivity index is 1.64. The van der Waals surface area contributed by atoms with E-state index in [1.165, 1.54) is 19.2 Å². The molecule has 2 heterocycles. The average molecular weight is 368 g/mol. The minimum Gasteiger partial charge on any atom is -0.367 e. The van der Waals surface area contributed by atoms with Gasteiger partial charge in [-0.25, -0.2) is 22.5 Å². The van der Waals surface area contributed by atoms with Crippen LogP contribution in [0.4, 0.5) is 10.1 Å². The molecule has 0 bridgehead atoms. The van der Waals surface area contributed by atoms with E-state index in [0.29, 0.717) is 25.3 Å². The van der Waals surface area contributed by atoms with Crippen LogP contribution < -0.4 is 9.62 Å². The molecule has 1 aliphatic rings. The highest BCUT2D eigenvalue weighted by molar-refractivity contribution is 7.89. The lowest BCUT2D eigenvalue weighted by molar-refractivity contribution is 0.243. The van der Waals surface area contributed by atoms with Gasteiger partial charge in [0, 0.05) is 26.2 Å². The number of aryl methyl sites for hydroxylation is 1. The molecule has 0 spiro atoms. The van der Waals surface area contributed by atoms with E-state index in [0.717, 1.165) is 30.8 Å². The first-order chi connectivity index (χ1) is 11.9. The zero-order valence-electron chi connectivity index (χ0n) is 14.2. The Morgan fingerprint density at radius 3 is 2.56 bits per heavy atom. The van der Waals surface area contributed by atoms with E-state index >= 15 is 0 Å². The number of rotatable bonds is 5. The van der Waals surface area contributed by atoms with Gasteiger partial charge in [-0.2, -0.15) is 5.10 Å². The van der Waals surface area contributed by atoms with Crippen molar-refractivity contribution in [2.45, 2.75) is 18.4 Å². The molecule has 2 aromatic rings. The van der Waals surface area contributed by atoms with E-state index in [1.54, 1.807) is 0 Å². The van der Waals surface area contributed by atoms with Gasteiger partial charge in [0.25, 0.3) is 0 Å². The zero-order valence-corrected chi connectivity index (χ0v) is 15.0. The standard InChI is InChI=1S/C15H21FN6O2S/c1-11-18-15(20-19-11)10-21-5-7-22(8-6-21)14-4-3-12(9-13(14)16)25(23,24)17-2/h3-4,9,17H,5-8,10H2,1-2H3,(H,18,19,20). The lowest BCUT2D eigenvalue weighted by Gasteiger charge is -2.35. The molecular weight excluding hydrogens is 347 g/mol. The summed E-state index contributed by atoms with van der Waals surface area (Å²) < 4.78 is 40.1. The molecule has 1 aromatic heterocycles. The maximum atomic E-state index is 14.4. The first-order valence-electron chi connectivity index (χ1n) is 7.97. The second kappa shape index (κ2) is 7.06. The highest BCUT2D eigenvalue weighted by Gasteiger charge is 2.22. The number of hydrogen-bond donors (Lipinski definition) is 2. The molecule has 10 heteroatoms. The number of nitrogens with zero attached hydrogens (tertiary/aromatic N) is 4. The van der Waals surface area contributed by atoms with Crippen molar-refractivity contribution in [2.24, 2.45) is 0 Å². The molecule has 2 N–H and O–H groups in total. The summed E-state index contributed by atoms with van der Waals surface area (Å²) in [5, 5.41) is 6.95. The van der Waals surface area contributed by atoms with Crippen molar-refractivity contribution >= 4 is 15.7 Å². The molecular formula is C15H21FN6O2S. The normalized spacial score (nSPS) is 16.4. The third-order valence-electron chi connectivity index (χ3n) is 4.22. The number of hydrogen-bond acceptors (Lipinski definition) is 6. The van der Waals surface area contributed by atoms with Gasteiger partial charge in [-0.05, 0) is 32.2 Å². The average Bonchev–Trinajstić information content (AvgIpc) is 3.00. The Hall–Kier alpha value is -2.04. The largest absolute Gasteiger partial charge is 0.367 e. The van der Waals surface area contributed by atoms with Crippen LogP contribution >= 0.6 is 0 Å². The van der Waals surface area contributed by atoms with Crippen LogP contribution in [0.5, 0.6) is 0 Å². The number of aromatic nitrogens is 3. The van der Waals surface area contributed by atoms with Crippen LogP contribution in [0.15, 0.2) is 23.1 Å². The highest BCUT2D eigenvalue weighted by atomic mass is 32.2. The minimum absolute atomic E-state index is 0.0742. The number of H-pyrrole nitrogens is 1.